The van der Waals surface area contributed by atoms with Gasteiger partial charge in [0.15, 0.2) is 0 Å². The van der Waals surface area contributed by atoms with Gasteiger partial charge in [-0.15, -0.1) is 0 Å². The second-order valence-corrected chi connectivity index (χ2v) is 6.09. The van der Waals surface area contributed by atoms with Gasteiger partial charge in [-0.25, -0.2) is 9.18 Å². The normalized spacial score (nSPS) is 20.4. The van der Waals surface area contributed by atoms with Crippen molar-refractivity contribution in [1.82, 2.24) is 4.90 Å². The maximum absolute atomic E-state index is 13.6. The fraction of sp³-hybridized carbons (Fsp3) is 0.438. The van der Waals surface area contributed by atoms with Crippen LogP contribution in [-0.4, -0.2) is 41.0 Å². The lowest BCUT2D eigenvalue weighted by molar-refractivity contribution is -0.143. The summed E-state index contributed by atoms with van der Waals surface area (Å²) in [5, 5.41) is 14.1. The van der Waals surface area contributed by atoms with Crippen molar-refractivity contribution >= 4 is 29.3 Å². The van der Waals surface area contributed by atoms with Gasteiger partial charge >= 0.3 is 12.0 Å². The first-order valence-corrected chi connectivity index (χ1v) is 7.62. The highest BCUT2D eigenvalue weighted by Crippen LogP contribution is 2.24. The molecule has 0 saturated carbocycles. The van der Waals surface area contributed by atoms with Crippen molar-refractivity contribution in [3.8, 4) is 0 Å². The van der Waals surface area contributed by atoms with Gasteiger partial charge in [-0.2, -0.15) is 0 Å². The first-order chi connectivity index (χ1) is 11.3. The average Bonchev–Trinajstić information content (AvgIpc) is 2.49. The van der Waals surface area contributed by atoms with Crippen molar-refractivity contribution < 1.29 is 23.9 Å². The first kappa shape index (κ1) is 17.7. The van der Waals surface area contributed by atoms with Gasteiger partial charge < -0.3 is 20.6 Å². The number of amides is 3. The lowest BCUT2D eigenvalue weighted by Crippen LogP contribution is -2.47. The second kappa shape index (κ2) is 7.29. The molecule has 0 bridgehead atoms. The summed E-state index contributed by atoms with van der Waals surface area (Å²) in [6.45, 7) is 3.73. The van der Waals surface area contributed by atoms with Crippen LogP contribution in [-0.2, 0) is 9.59 Å². The lowest BCUT2D eigenvalue weighted by Gasteiger charge is -2.34. The van der Waals surface area contributed by atoms with Crippen LogP contribution in [0.5, 0.6) is 0 Å². The summed E-state index contributed by atoms with van der Waals surface area (Å²) in [6, 6.07) is 3.38. The molecule has 0 aliphatic carbocycles. The van der Waals surface area contributed by atoms with Gasteiger partial charge in [-0.3, -0.25) is 9.59 Å². The molecule has 24 heavy (non-hydrogen) atoms. The lowest BCUT2D eigenvalue weighted by atomic mass is 9.91. The van der Waals surface area contributed by atoms with Crippen molar-refractivity contribution in [2.24, 2.45) is 11.8 Å². The van der Waals surface area contributed by atoms with Crippen molar-refractivity contribution in [1.29, 1.82) is 0 Å². The van der Waals surface area contributed by atoms with Gasteiger partial charge in [0.1, 0.15) is 5.82 Å². The summed E-state index contributed by atoms with van der Waals surface area (Å²) in [6.07, 6.45) is 0.530. The molecule has 0 aromatic heterocycles. The molecule has 0 radical (unpaired) electrons. The van der Waals surface area contributed by atoms with E-state index in [9.17, 15) is 18.8 Å². The molecule has 1 aliphatic heterocycles. The molecule has 0 spiro atoms. The van der Waals surface area contributed by atoms with E-state index in [2.05, 4.69) is 10.6 Å². The summed E-state index contributed by atoms with van der Waals surface area (Å²) in [4.78, 5) is 36.0. The van der Waals surface area contributed by atoms with E-state index in [0.29, 0.717) is 18.7 Å². The molecule has 3 N–H and O–H groups in total. The van der Waals surface area contributed by atoms with Crippen LogP contribution in [0.4, 0.5) is 20.6 Å². The number of aliphatic carboxylic acids is 1. The Hall–Kier alpha value is -2.64. The Balaban J connectivity index is 2.08. The molecule has 2 rings (SSSR count). The predicted molar refractivity (Wildman–Crippen MR) is 86.2 cm³/mol. The highest BCUT2D eigenvalue weighted by Gasteiger charge is 2.31. The van der Waals surface area contributed by atoms with Gasteiger partial charge in [0.05, 0.1) is 11.6 Å². The monoisotopic (exact) mass is 337 g/mol. The zero-order valence-electron chi connectivity index (χ0n) is 13.5. The number of carboxylic acids is 1. The van der Waals surface area contributed by atoms with Crippen molar-refractivity contribution in [3.05, 3.63) is 24.0 Å². The van der Waals surface area contributed by atoms with Crippen LogP contribution in [0.2, 0.25) is 0 Å². The second-order valence-electron chi connectivity index (χ2n) is 6.09. The first-order valence-electron chi connectivity index (χ1n) is 7.62. The number of hydrogen-bond donors (Lipinski definition) is 3. The number of carbonyl (C=O) groups excluding carboxylic acids is 2. The molecule has 130 valence electrons. The molecular formula is C16H20FN3O4. The molecule has 1 fully saturated rings. The molecular weight excluding hydrogens is 317 g/mol. The topological polar surface area (TPSA) is 98.7 Å². The Bertz CT molecular complexity index is 665. The number of piperidine rings is 1. The number of rotatable bonds is 3. The summed E-state index contributed by atoms with van der Waals surface area (Å²) in [5.41, 5.74) is 0.283. The maximum Gasteiger partial charge on any atom is 0.321 e. The van der Waals surface area contributed by atoms with Crippen LogP contribution < -0.4 is 10.6 Å². The molecule has 8 heteroatoms. The number of likely N-dealkylation sites (tertiary alicyclic amines) is 1. The quantitative estimate of drug-likeness (QED) is 0.788. The number of carboxylic acid groups (broad SMARTS) is 1. The van der Waals surface area contributed by atoms with Gasteiger partial charge in [0.25, 0.3) is 0 Å². The van der Waals surface area contributed by atoms with Crippen LogP contribution in [0.25, 0.3) is 0 Å². The van der Waals surface area contributed by atoms with Crippen molar-refractivity contribution in [2.45, 2.75) is 20.3 Å². The van der Waals surface area contributed by atoms with Crippen LogP contribution in [0.1, 0.15) is 20.3 Å². The van der Waals surface area contributed by atoms with E-state index >= 15 is 0 Å². The van der Waals surface area contributed by atoms with Gasteiger partial charge in [-0.1, -0.05) is 6.92 Å². The average molecular weight is 337 g/mol. The third-order valence-electron chi connectivity index (χ3n) is 3.82. The zero-order chi connectivity index (χ0) is 17.9. The Morgan fingerprint density at radius 3 is 2.58 bits per heavy atom. The Kier molecular flexibility index (Phi) is 5.38. The Labute approximate surface area is 138 Å². The number of urea groups is 1. The number of anilines is 2. The van der Waals surface area contributed by atoms with Crippen LogP contribution in [0, 0.1) is 17.7 Å². The number of benzene rings is 1. The molecule has 1 saturated heterocycles. The minimum absolute atomic E-state index is 0.0317. The van der Waals surface area contributed by atoms with E-state index in [1.807, 2.05) is 6.92 Å². The van der Waals surface area contributed by atoms with Crippen LogP contribution in [0.3, 0.4) is 0 Å². The number of halogens is 1. The van der Waals surface area contributed by atoms with E-state index in [1.54, 1.807) is 0 Å². The van der Waals surface area contributed by atoms with E-state index in [4.69, 9.17) is 5.11 Å². The van der Waals surface area contributed by atoms with Crippen molar-refractivity contribution in [3.63, 3.8) is 0 Å². The highest BCUT2D eigenvalue weighted by atomic mass is 19.1. The predicted octanol–water partition coefficient (Wildman–Crippen LogP) is 2.36. The fourth-order valence-corrected chi connectivity index (χ4v) is 2.79. The largest absolute Gasteiger partial charge is 0.481 e. The smallest absolute Gasteiger partial charge is 0.321 e. The molecule has 1 heterocycles. The van der Waals surface area contributed by atoms with E-state index in [0.717, 1.165) is 6.07 Å². The van der Waals surface area contributed by atoms with Gasteiger partial charge in [-0.05, 0) is 30.5 Å². The number of nitrogens with one attached hydrogen (secondary N) is 2. The highest BCUT2D eigenvalue weighted by molar-refractivity contribution is 5.93. The third-order valence-corrected chi connectivity index (χ3v) is 3.82. The van der Waals surface area contributed by atoms with E-state index in [1.165, 1.54) is 24.0 Å². The molecule has 2 unspecified atom stereocenters. The molecule has 7 nitrogen and oxygen atoms in total. The standard InChI is InChI=1S/C16H20FN3O4/c1-9-5-11(15(22)23)8-20(7-9)16(24)19-12-3-4-13(17)14(6-12)18-10(2)21/h3-4,6,9,11H,5,7-8H2,1-2H3,(H,18,21)(H,19,24)(H,22,23). The number of carbonyl (C=O) groups is 3. The fourth-order valence-electron chi connectivity index (χ4n) is 2.79. The molecule has 2 atom stereocenters. The summed E-state index contributed by atoms with van der Waals surface area (Å²) >= 11 is 0. The van der Waals surface area contributed by atoms with Crippen molar-refractivity contribution in [2.75, 3.05) is 23.7 Å². The van der Waals surface area contributed by atoms with Gasteiger partial charge in [0.2, 0.25) is 5.91 Å². The molecule has 1 aromatic rings. The van der Waals surface area contributed by atoms with Crippen LogP contribution in [0.15, 0.2) is 18.2 Å². The molecule has 1 aliphatic rings. The summed E-state index contributed by atoms with van der Waals surface area (Å²) in [5.74, 6) is -2.47. The Morgan fingerprint density at radius 1 is 1.25 bits per heavy atom. The van der Waals surface area contributed by atoms with E-state index < -0.39 is 29.6 Å². The van der Waals surface area contributed by atoms with Gasteiger partial charge in [0, 0.05) is 25.7 Å². The SMILES string of the molecule is CC(=O)Nc1cc(NC(=O)N2CC(C)CC(C(=O)O)C2)ccc1F. The van der Waals surface area contributed by atoms with Crippen LogP contribution >= 0.6 is 0 Å². The molecule has 1 aromatic carbocycles. The number of hydrogen-bond acceptors (Lipinski definition) is 3. The summed E-state index contributed by atoms with van der Waals surface area (Å²) < 4.78 is 13.6. The Morgan fingerprint density at radius 2 is 1.96 bits per heavy atom. The van der Waals surface area contributed by atoms with E-state index in [-0.39, 0.29) is 18.2 Å². The minimum atomic E-state index is -0.922. The zero-order valence-corrected chi connectivity index (χ0v) is 13.5. The summed E-state index contributed by atoms with van der Waals surface area (Å²) in [7, 11) is 0. The minimum Gasteiger partial charge on any atom is -0.481 e. The number of nitrogens with zero attached hydrogens (tertiary/aromatic N) is 1. The third kappa shape index (κ3) is 4.43. The maximum atomic E-state index is 13.6. The molecule has 3 amide bonds.